The number of methoxy groups -OCH3 is 1. The van der Waals surface area contributed by atoms with E-state index in [9.17, 15) is 14.4 Å². The van der Waals surface area contributed by atoms with Gasteiger partial charge in [0.05, 0.1) is 27.3 Å². The average Bonchev–Trinajstić information content (AvgIpc) is 2.87. The molecule has 0 saturated carbocycles. The largest absolute Gasteiger partial charge is 0.493 e. The first kappa shape index (κ1) is 26.7. The van der Waals surface area contributed by atoms with Crippen LogP contribution in [0.1, 0.15) is 23.6 Å². The van der Waals surface area contributed by atoms with Gasteiger partial charge in [-0.3, -0.25) is 14.9 Å². The van der Waals surface area contributed by atoms with Crippen LogP contribution in [0.2, 0.25) is 10.0 Å². The number of imide groups is 2. The molecule has 4 amide bonds. The number of anilines is 1. The molecule has 3 aromatic carbocycles. The van der Waals surface area contributed by atoms with Crippen molar-refractivity contribution in [1.82, 2.24) is 5.32 Å². The Hall–Kier alpha value is -3.33. The third kappa shape index (κ3) is 5.66. The monoisotopic (exact) mass is 602 g/mol. The van der Waals surface area contributed by atoms with Crippen molar-refractivity contribution in [3.63, 3.8) is 0 Å². The van der Waals surface area contributed by atoms with Gasteiger partial charge in [-0.1, -0.05) is 54.4 Å². The highest BCUT2D eigenvalue weighted by molar-refractivity contribution is 9.10. The van der Waals surface area contributed by atoms with E-state index in [2.05, 4.69) is 21.2 Å². The van der Waals surface area contributed by atoms with Crippen LogP contribution in [0.15, 0.2) is 64.6 Å². The summed E-state index contributed by atoms with van der Waals surface area (Å²) >= 11 is 15.5. The number of hydrogen-bond donors (Lipinski definition) is 1. The fourth-order valence-corrected chi connectivity index (χ4v) is 4.71. The van der Waals surface area contributed by atoms with E-state index >= 15 is 0 Å². The molecule has 0 radical (unpaired) electrons. The maximum Gasteiger partial charge on any atom is 0.335 e. The van der Waals surface area contributed by atoms with E-state index in [1.807, 2.05) is 19.1 Å². The molecule has 1 saturated heterocycles. The van der Waals surface area contributed by atoms with Gasteiger partial charge in [-0.2, -0.15) is 0 Å². The number of benzene rings is 3. The van der Waals surface area contributed by atoms with Crippen molar-refractivity contribution in [1.29, 1.82) is 0 Å². The highest BCUT2D eigenvalue weighted by Gasteiger charge is 2.37. The number of para-hydroxylation sites is 1. The Balaban J connectivity index is 1.65. The number of nitrogens with zero attached hydrogens (tertiary/aromatic N) is 1. The number of carbonyl (C=O) groups is 3. The van der Waals surface area contributed by atoms with Crippen LogP contribution in [0.25, 0.3) is 6.08 Å². The molecule has 0 unspecified atom stereocenters. The van der Waals surface area contributed by atoms with Gasteiger partial charge in [0.2, 0.25) is 0 Å². The van der Waals surface area contributed by atoms with Gasteiger partial charge in [0.25, 0.3) is 11.8 Å². The first-order valence-corrected chi connectivity index (χ1v) is 12.7. The van der Waals surface area contributed by atoms with E-state index in [-0.39, 0.29) is 12.2 Å². The quantitative estimate of drug-likeness (QED) is 0.244. The SMILES string of the molecule is CCc1ccccc1N1C(=O)NC(=O)/C(=C/c2cc(Br)c(OCc3ccc(Cl)c(Cl)c3)c(OC)c2)C1=O. The van der Waals surface area contributed by atoms with Gasteiger partial charge in [-0.05, 0) is 75.4 Å². The minimum Gasteiger partial charge on any atom is -0.493 e. The average molecular weight is 604 g/mol. The van der Waals surface area contributed by atoms with Crippen LogP contribution < -0.4 is 19.7 Å². The minimum absolute atomic E-state index is 0.191. The number of hydrogen-bond acceptors (Lipinski definition) is 5. The Morgan fingerprint density at radius 1 is 1.03 bits per heavy atom. The summed E-state index contributed by atoms with van der Waals surface area (Å²) in [5.74, 6) is -0.710. The highest BCUT2D eigenvalue weighted by atomic mass is 79.9. The van der Waals surface area contributed by atoms with Crippen LogP contribution in [-0.2, 0) is 22.6 Å². The number of ether oxygens (including phenoxy) is 2. The number of barbiturate groups is 1. The number of amides is 4. The van der Waals surface area contributed by atoms with E-state index in [0.717, 1.165) is 16.0 Å². The summed E-state index contributed by atoms with van der Waals surface area (Å²) in [5.41, 5.74) is 2.32. The summed E-state index contributed by atoms with van der Waals surface area (Å²) in [6, 6.07) is 14.8. The zero-order valence-corrected chi connectivity index (χ0v) is 22.9. The second kappa shape index (κ2) is 11.4. The minimum atomic E-state index is -0.794. The van der Waals surface area contributed by atoms with Crippen molar-refractivity contribution in [3.05, 3.63) is 91.4 Å². The molecular formula is C27H21BrCl2N2O5. The number of aryl methyl sites for hydroxylation is 1. The lowest BCUT2D eigenvalue weighted by atomic mass is 10.0. The normalized spacial score (nSPS) is 14.7. The highest BCUT2D eigenvalue weighted by Crippen LogP contribution is 2.38. The van der Waals surface area contributed by atoms with Crippen LogP contribution in [0.4, 0.5) is 10.5 Å². The molecule has 37 heavy (non-hydrogen) atoms. The molecule has 0 aromatic heterocycles. The summed E-state index contributed by atoms with van der Waals surface area (Å²) in [5, 5.41) is 3.12. The van der Waals surface area contributed by atoms with Gasteiger partial charge in [0, 0.05) is 0 Å². The molecule has 7 nitrogen and oxygen atoms in total. The third-order valence-electron chi connectivity index (χ3n) is 5.65. The van der Waals surface area contributed by atoms with Crippen LogP contribution in [0, 0.1) is 0 Å². The number of urea groups is 1. The molecule has 1 fully saturated rings. The molecule has 0 aliphatic carbocycles. The molecule has 0 spiro atoms. The van der Waals surface area contributed by atoms with Gasteiger partial charge in [-0.15, -0.1) is 0 Å². The van der Waals surface area contributed by atoms with Crippen molar-refractivity contribution in [2.75, 3.05) is 12.0 Å². The predicted octanol–water partition coefficient (Wildman–Crippen LogP) is 6.57. The third-order valence-corrected chi connectivity index (χ3v) is 6.97. The lowest BCUT2D eigenvalue weighted by Gasteiger charge is -2.28. The lowest BCUT2D eigenvalue weighted by molar-refractivity contribution is -0.122. The fraction of sp³-hybridized carbons (Fsp3) is 0.148. The van der Waals surface area contributed by atoms with E-state index in [1.165, 1.54) is 13.2 Å². The molecule has 10 heteroatoms. The molecule has 1 aliphatic rings. The number of carbonyl (C=O) groups excluding carboxylic acids is 3. The van der Waals surface area contributed by atoms with Gasteiger partial charge in [0.15, 0.2) is 11.5 Å². The van der Waals surface area contributed by atoms with Crippen LogP contribution >= 0.6 is 39.1 Å². The Morgan fingerprint density at radius 2 is 1.78 bits per heavy atom. The summed E-state index contributed by atoms with van der Waals surface area (Å²) in [4.78, 5) is 39.5. The number of rotatable bonds is 7. The van der Waals surface area contributed by atoms with E-state index in [1.54, 1.807) is 42.5 Å². The van der Waals surface area contributed by atoms with Crippen LogP contribution in [0.5, 0.6) is 11.5 Å². The number of halogens is 3. The molecular weight excluding hydrogens is 583 g/mol. The maximum absolute atomic E-state index is 13.3. The fourth-order valence-electron chi connectivity index (χ4n) is 3.82. The van der Waals surface area contributed by atoms with Gasteiger partial charge >= 0.3 is 6.03 Å². The van der Waals surface area contributed by atoms with Crippen molar-refractivity contribution in [2.45, 2.75) is 20.0 Å². The van der Waals surface area contributed by atoms with Crippen LogP contribution in [0.3, 0.4) is 0 Å². The smallest absolute Gasteiger partial charge is 0.335 e. The Labute approximate surface area is 232 Å². The Bertz CT molecular complexity index is 1440. The lowest BCUT2D eigenvalue weighted by Crippen LogP contribution is -2.54. The molecule has 1 N–H and O–H groups in total. The first-order chi connectivity index (χ1) is 17.7. The van der Waals surface area contributed by atoms with E-state index in [4.69, 9.17) is 32.7 Å². The first-order valence-electron chi connectivity index (χ1n) is 11.2. The van der Waals surface area contributed by atoms with Crippen LogP contribution in [-0.4, -0.2) is 25.0 Å². The molecule has 3 aromatic rings. The van der Waals surface area contributed by atoms with Crippen molar-refractivity contribution in [2.24, 2.45) is 0 Å². The summed E-state index contributed by atoms with van der Waals surface area (Å²) in [6.45, 7) is 2.11. The topological polar surface area (TPSA) is 84.9 Å². The van der Waals surface area contributed by atoms with Crippen molar-refractivity contribution in [3.8, 4) is 11.5 Å². The number of nitrogens with one attached hydrogen (secondary N) is 1. The summed E-state index contributed by atoms with van der Waals surface area (Å²) in [7, 11) is 1.48. The van der Waals surface area contributed by atoms with Crippen molar-refractivity contribution >= 4 is 68.7 Å². The van der Waals surface area contributed by atoms with Gasteiger partial charge in [-0.25, -0.2) is 9.69 Å². The summed E-state index contributed by atoms with van der Waals surface area (Å²) in [6.07, 6.45) is 2.01. The molecule has 0 atom stereocenters. The molecule has 4 rings (SSSR count). The Kier molecular flexibility index (Phi) is 8.22. The van der Waals surface area contributed by atoms with Gasteiger partial charge in [0.1, 0.15) is 12.2 Å². The van der Waals surface area contributed by atoms with Gasteiger partial charge < -0.3 is 9.47 Å². The van der Waals surface area contributed by atoms with E-state index in [0.29, 0.717) is 43.7 Å². The van der Waals surface area contributed by atoms with Crippen molar-refractivity contribution < 1.29 is 23.9 Å². The zero-order chi connectivity index (χ0) is 26.7. The standard InChI is InChI=1S/C27H21BrCl2N2O5/c1-3-17-6-4-5-7-22(17)32-26(34)18(25(33)31-27(32)35)10-16-11-19(28)24(23(13-16)36-2)37-14-15-8-9-20(29)21(30)12-15/h4-13H,3,14H2,1-2H3,(H,31,33,35)/b18-10-. The predicted molar refractivity (Wildman–Crippen MR) is 146 cm³/mol. The Morgan fingerprint density at radius 3 is 2.49 bits per heavy atom. The maximum atomic E-state index is 13.3. The molecule has 0 bridgehead atoms. The molecule has 190 valence electrons. The zero-order valence-electron chi connectivity index (χ0n) is 19.8. The second-order valence-corrected chi connectivity index (χ2v) is 9.68. The summed E-state index contributed by atoms with van der Waals surface area (Å²) < 4.78 is 12.0. The molecule has 1 heterocycles. The second-order valence-electron chi connectivity index (χ2n) is 8.01. The molecule has 1 aliphatic heterocycles. The van der Waals surface area contributed by atoms with E-state index < -0.39 is 17.8 Å².